The lowest BCUT2D eigenvalue weighted by molar-refractivity contribution is -0.0158. The average Bonchev–Trinajstić information content (AvgIpc) is 3.30. The molecule has 3 rings (SSSR count). The number of fused-ring (bicyclic) bond motifs is 1. The second-order valence-electron chi connectivity index (χ2n) is 5.35. The first-order chi connectivity index (χ1) is 9.23. The lowest BCUT2D eigenvalue weighted by Gasteiger charge is -2.26. The van der Waals surface area contributed by atoms with Crippen LogP contribution in [0.3, 0.4) is 0 Å². The molecule has 100 valence electrons. The minimum absolute atomic E-state index is 0.252. The van der Waals surface area contributed by atoms with Crippen molar-refractivity contribution in [2.24, 2.45) is 11.7 Å². The summed E-state index contributed by atoms with van der Waals surface area (Å²) in [7, 11) is 0. The Balaban J connectivity index is 1.81. The fourth-order valence-electron chi connectivity index (χ4n) is 2.49. The fraction of sp³-hybridized carbons (Fsp3) is 0.375. The maximum atomic E-state index is 10.4. The third-order valence-electron chi connectivity index (χ3n) is 3.92. The monoisotopic (exact) mass is 257 g/mol. The van der Waals surface area contributed by atoms with Gasteiger partial charge in [0.05, 0.1) is 0 Å². The van der Waals surface area contributed by atoms with Gasteiger partial charge in [-0.15, -0.1) is 0 Å². The first-order valence-corrected chi connectivity index (χ1v) is 6.76. The highest BCUT2D eigenvalue weighted by molar-refractivity contribution is 5.88. The van der Waals surface area contributed by atoms with E-state index in [4.69, 9.17) is 10.5 Å². The Morgan fingerprint density at radius 1 is 1.16 bits per heavy atom. The van der Waals surface area contributed by atoms with Gasteiger partial charge in [0.25, 0.3) is 0 Å². The molecule has 19 heavy (non-hydrogen) atoms. The topological polar surface area (TPSA) is 55.5 Å². The van der Waals surface area contributed by atoms with Crippen LogP contribution in [-0.4, -0.2) is 23.9 Å². The van der Waals surface area contributed by atoms with Crippen molar-refractivity contribution in [3.63, 3.8) is 0 Å². The Morgan fingerprint density at radius 2 is 1.89 bits per heavy atom. The number of aliphatic hydroxyl groups is 1. The molecule has 1 unspecified atom stereocenters. The molecule has 1 aliphatic rings. The molecular formula is C16H19NO2. The van der Waals surface area contributed by atoms with Gasteiger partial charge in [-0.1, -0.05) is 36.4 Å². The molecule has 1 aliphatic carbocycles. The third kappa shape index (κ3) is 2.44. The molecule has 0 saturated heterocycles. The van der Waals surface area contributed by atoms with Crippen LogP contribution in [-0.2, 0) is 0 Å². The maximum Gasteiger partial charge on any atom is 0.127 e. The van der Waals surface area contributed by atoms with Gasteiger partial charge in [-0.05, 0) is 30.2 Å². The van der Waals surface area contributed by atoms with Crippen LogP contribution in [0.2, 0.25) is 0 Å². The van der Waals surface area contributed by atoms with Crippen molar-refractivity contribution < 1.29 is 9.84 Å². The van der Waals surface area contributed by atoms with Crippen LogP contribution < -0.4 is 10.5 Å². The zero-order chi connectivity index (χ0) is 13.3. The predicted molar refractivity (Wildman–Crippen MR) is 76.2 cm³/mol. The lowest BCUT2D eigenvalue weighted by atomic mass is 9.99. The molecule has 0 heterocycles. The summed E-state index contributed by atoms with van der Waals surface area (Å²) in [5.41, 5.74) is 4.82. The van der Waals surface area contributed by atoms with Gasteiger partial charge in [-0.25, -0.2) is 0 Å². The predicted octanol–water partition coefficient (Wildman–Crippen LogP) is 2.32. The van der Waals surface area contributed by atoms with Gasteiger partial charge in [0.15, 0.2) is 0 Å². The van der Waals surface area contributed by atoms with Gasteiger partial charge in [0.2, 0.25) is 0 Å². The first-order valence-electron chi connectivity index (χ1n) is 6.76. The zero-order valence-corrected chi connectivity index (χ0v) is 10.9. The van der Waals surface area contributed by atoms with Crippen molar-refractivity contribution in [2.45, 2.75) is 18.4 Å². The van der Waals surface area contributed by atoms with Crippen LogP contribution >= 0.6 is 0 Å². The number of hydrogen-bond donors (Lipinski definition) is 2. The van der Waals surface area contributed by atoms with Gasteiger partial charge < -0.3 is 15.6 Å². The molecule has 2 aromatic carbocycles. The molecule has 2 aromatic rings. The molecule has 3 N–H and O–H groups in total. The molecule has 0 aromatic heterocycles. The molecule has 0 spiro atoms. The van der Waals surface area contributed by atoms with Crippen LogP contribution in [0.25, 0.3) is 10.8 Å². The second-order valence-corrected chi connectivity index (χ2v) is 5.35. The summed E-state index contributed by atoms with van der Waals surface area (Å²) in [6, 6.07) is 14.0. The SMILES string of the molecule is NCC(O)(COc1cccc2ccccc12)C1CC1. The van der Waals surface area contributed by atoms with Crippen LogP contribution in [0, 0.1) is 5.92 Å². The van der Waals surface area contributed by atoms with E-state index in [1.54, 1.807) is 0 Å². The van der Waals surface area contributed by atoms with Gasteiger partial charge >= 0.3 is 0 Å². The summed E-state index contributed by atoms with van der Waals surface area (Å²) in [5.74, 6) is 1.11. The van der Waals surface area contributed by atoms with Crippen molar-refractivity contribution in [2.75, 3.05) is 13.2 Å². The van der Waals surface area contributed by atoms with E-state index in [1.165, 1.54) is 0 Å². The van der Waals surface area contributed by atoms with E-state index < -0.39 is 5.60 Å². The summed E-state index contributed by atoms with van der Waals surface area (Å²) in [6.07, 6.45) is 2.10. The van der Waals surface area contributed by atoms with Gasteiger partial charge in [-0.3, -0.25) is 0 Å². The quantitative estimate of drug-likeness (QED) is 0.864. The van der Waals surface area contributed by atoms with E-state index in [9.17, 15) is 5.11 Å². The molecule has 0 amide bonds. The smallest absolute Gasteiger partial charge is 0.127 e. The Kier molecular flexibility index (Phi) is 3.17. The molecule has 3 heteroatoms. The fourth-order valence-corrected chi connectivity index (χ4v) is 2.49. The average molecular weight is 257 g/mol. The molecule has 0 bridgehead atoms. The van der Waals surface area contributed by atoms with Gasteiger partial charge in [0, 0.05) is 11.9 Å². The summed E-state index contributed by atoms with van der Waals surface area (Å²) < 4.78 is 5.85. The van der Waals surface area contributed by atoms with Gasteiger partial charge in [0.1, 0.15) is 18.0 Å². The minimum Gasteiger partial charge on any atom is -0.490 e. The Hall–Kier alpha value is -1.58. The highest BCUT2D eigenvalue weighted by Crippen LogP contribution is 2.39. The summed E-state index contributed by atoms with van der Waals surface area (Å²) in [4.78, 5) is 0. The number of rotatable bonds is 5. The van der Waals surface area contributed by atoms with E-state index >= 15 is 0 Å². The largest absolute Gasteiger partial charge is 0.490 e. The van der Waals surface area contributed by atoms with Crippen LogP contribution in [0.5, 0.6) is 5.75 Å². The van der Waals surface area contributed by atoms with Gasteiger partial charge in [-0.2, -0.15) is 0 Å². The summed E-state index contributed by atoms with van der Waals surface area (Å²) in [5, 5.41) is 12.7. The standard InChI is InChI=1S/C16H19NO2/c17-10-16(18,13-8-9-13)11-19-15-7-3-5-12-4-1-2-6-14(12)15/h1-7,13,18H,8-11,17H2. The Labute approximate surface area is 113 Å². The number of nitrogens with two attached hydrogens (primary N) is 1. The van der Waals surface area contributed by atoms with E-state index in [2.05, 4.69) is 12.1 Å². The molecule has 0 radical (unpaired) electrons. The minimum atomic E-state index is -0.878. The maximum absolute atomic E-state index is 10.4. The number of ether oxygens (including phenoxy) is 1. The van der Waals surface area contributed by atoms with E-state index in [0.29, 0.717) is 5.92 Å². The first kappa shape index (κ1) is 12.5. The third-order valence-corrected chi connectivity index (χ3v) is 3.92. The molecule has 1 fully saturated rings. The molecular weight excluding hydrogens is 238 g/mol. The van der Waals surface area contributed by atoms with Crippen molar-refractivity contribution in [1.29, 1.82) is 0 Å². The van der Waals surface area contributed by atoms with Crippen molar-refractivity contribution in [1.82, 2.24) is 0 Å². The normalized spacial score (nSPS) is 18.2. The Bertz CT molecular complexity index is 574. The highest BCUT2D eigenvalue weighted by atomic mass is 16.5. The molecule has 1 atom stereocenters. The summed E-state index contributed by atoms with van der Waals surface area (Å²) >= 11 is 0. The molecule has 1 saturated carbocycles. The van der Waals surface area contributed by atoms with Crippen LogP contribution in [0.1, 0.15) is 12.8 Å². The van der Waals surface area contributed by atoms with Crippen molar-refractivity contribution >= 4 is 10.8 Å². The van der Waals surface area contributed by atoms with E-state index in [1.807, 2.05) is 30.3 Å². The van der Waals surface area contributed by atoms with Crippen LogP contribution in [0.4, 0.5) is 0 Å². The highest BCUT2D eigenvalue weighted by Gasteiger charge is 2.43. The number of hydrogen-bond acceptors (Lipinski definition) is 3. The van der Waals surface area contributed by atoms with E-state index in [-0.39, 0.29) is 13.2 Å². The van der Waals surface area contributed by atoms with Crippen molar-refractivity contribution in [3.8, 4) is 5.75 Å². The molecule has 0 aliphatic heterocycles. The Morgan fingerprint density at radius 3 is 2.63 bits per heavy atom. The number of benzene rings is 2. The van der Waals surface area contributed by atoms with Crippen molar-refractivity contribution in [3.05, 3.63) is 42.5 Å². The summed E-state index contributed by atoms with van der Waals surface area (Å²) in [6.45, 7) is 0.518. The zero-order valence-electron chi connectivity index (χ0n) is 10.9. The van der Waals surface area contributed by atoms with E-state index in [0.717, 1.165) is 29.4 Å². The molecule has 3 nitrogen and oxygen atoms in total. The van der Waals surface area contributed by atoms with Crippen LogP contribution in [0.15, 0.2) is 42.5 Å². The second kappa shape index (κ2) is 4.83. The lowest BCUT2D eigenvalue weighted by Crippen LogP contribution is -2.45.